The van der Waals surface area contributed by atoms with Crippen LogP contribution >= 0.6 is 0 Å². The zero-order chi connectivity index (χ0) is 19.6. The van der Waals surface area contributed by atoms with Crippen molar-refractivity contribution in [3.05, 3.63) is 101 Å². The molecule has 0 unspecified atom stereocenters. The van der Waals surface area contributed by atoms with Crippen molar-refractivity contribution >= 4 is 11.0 Å². The fourth-order valence-corrected chi connectivity index (χ4v) is 3.83. The van der Waals surface area contributed by atoms with E-state index in [4.69, 9.17) is 4.98 Å². The number of fused-ring (bicyclic) bond motifs is 1. The Kier molecular flexibility index (Phi) is 4.99. The predicted octanol–water partition coefficient (Wildman–Crippen LogP) is 3.88. The molecule has 0 saturated heterocycles. The summed E-state index contributed by atoms with van der Waals surface area (Å²) < 4.78 is 2.07. The molecule has 0 fully saturated rings. The molecule has 1 aromatic heterocycles. The normalized spacial score (nSPS) is 11.8. The van der Waals surface area contributed by atoms with Gasteiger partial charge in [0, 0.05) is 13.2 Å². The molecule has 0 spiro atoms. The molecule has 0 saturated carbocycles. The van der Waals surface area contributed by atoms with Crippen molar-refractivity contribution in [3.63, 3.8) is 0 Å². The lowest BCUT2D eigenvalue weighted by molar-refractivity contribution is 0.112. The molecule has 28 heavy (non-hydrogen) atoms. The zero-order valence-corrected chi connectivity index (χ0v) is 15.9. The van der Waals surface area contributed by atoms with Crippen LogP contribution in [0.25, 0.3) is 11.0 Å². The van der Waals surface area contributed by atoms with Gasteiger partial charge in [0.15, 0.2) is 11.4 Å². The van der Waals surface area contributed by atoms with Crippen LogP contribution in [0.4, 0.5) is 0 Å². The highest BCUT2D eigenvalue weighted by Crippen LogP contribution is 2.37. The molecule has 0 atom stereocenters. The second-order valence-electron chi connectivity index (χ2n) is 6.92. The number of imidazole rings is 1. The Morgan fingerprint density at radius 3 is 2.04 bits per heavy atom. The van der Waals surface area contributed by atoms with Crippen LogP contribution in [0.1, 0.15) is 29.4 Å². The highest BCUT2D eigenvalue weighted by Gasteiger charge is 2.38. The van der Waals surface area contributed by atoms with E-state index in [1.54, 1.807) is 0 Å². The Balaban J connectivity index is 2.00. The molecule has 4 nitrogen and oxygen atoms in total. The van der Waals surface area contributed by atoms with Crippen molar-refractivity contribution in [2.24, 2.45) is 0 Å². The quantitative estimate of drug-likeness (QED) is 0.540. The van der Waals surface area contributed by atoms with E-state index in [9.17, 15) is 10.2 Å². The van der Waals surface area contributed by atoms with Gasteiger partial charge in [0.25, 0.3) is 0 Å². The van der Waals surface area contributed by atoms with Crippen molar-refractivity contribution in [1.29, 1.82) is 0 Å². The Bertz CT molecular complexity index is 1030. The number of rotatable bonds is 6. The lowest BCUT2D eigenvalue weighted by atomic mass is 9.85. The number of hydrogen-bond donors (Lipinski definition) is 2. The summed E-state index contributed by atoms with van der Waals surface area (Å²) in [5.74, 6) is 0.601. The smallest absolute Gasteiger partial charge is 0.173 e. The number of nitrogens with zero attached hydrogens (tertiary/aromatic N) is 2. The third kappa shape index (κ3) is 3.01. The maximum Gasteiger partial charge on any atom is 0.173 e. The Morgan fingerprint density at radius 1 is 0.893 bits per heavy atom. The zero-order valence-electron chi connectivity index (χ0n) is 15.9. The first-order chi connectivity index (χ1) is 13.7. The number of benzene rings is 3. The van der Waals surface area contributed by atoms with Crippen LogP contribution in [-0.4, -0.2) is 26.4 Å². The number of hydrogen-bond acceptors (Lipinski definition) is 3. The number of aromatic nitrogens is 2. The molecule has 1 heterocycles. The minimum atomic E-state index is -1.37. The molecular weight excluding hydrogens is 348 g/mol. The maximum absolute atomic E-state index is 12.1. The second-order valence-corrected chi connectivity index (χ2v) is 6.92. The molecule has 2 N–H and O–H groups in total. The number of aliphatic hydroxyl groups is 2. The molecule has 0 aliphatic rings. The van der Waals surface area contributed by atoms with E-state index < -0.39 is 5.60 Å². The first-order valence-electron chi connectivity index (χ1n) is 9.62. The van der Waals surface area contributed by atoms with Gasteiger partial charge >= 0.3 is 0 Å². The van der Waals surface area contributed by atoms with Gasteiger partial charge in [-0.25, -0.2) is 4.98 Å². The van der Waals surface area contributed by atoms with Gasteiger partial charge in [-0.3, -0.25) is 0 Å². The average molecular weight is 372 g/mol. The first-order valence-corrected chi connectivity index (χ1v) is 9.62. The largest absolute Gasteiger partial charge is 0.396 e. The Morgan fingerprint density at radius 2 is 1.50 bits per heavy atom. The van der Waals surface area contributed by atoms with Crippen LogP contribution in [0.5, 0.6) is 0 Å². The molecule has 0 aliphatic carbocycles. The first kappa shape index (κ1) is 18.4. The van der Waals surface area contributed by atoms with Crippen LogP contribution in [0.3, 0.4) is 0 Å². The molecular formula is C24H24N2O2. The van der Waals surface area contributed by atoms with Crippen molar-refractivity contribution < 1.29 is 10.2 Å². The van der Waals surface area contributed by atoms with Crippen LogP contribution in [0, 0.1) is 0 Å². The van der Waals surface area contributed by atoms with Gasteiger partial charge in [-0.15, -0.1) is 0 Å². The minimum absolute atomic E-state index is 0.108. The molecule has 0 radical (unpaired) electrons. The lowest BCUT2D eigenvalue weighted by Gasteiger charge is -2.29. The fraction of sp³-hybridized carbons (Fsp3) is 0.208. The van der Waals surface area contributed by atoms with Crippen LogP contribution < -0.4 is 0 Å². The Hall–Kier alpha value is -2.95. The van der Waals surface area contributed by atoms with Crippen molar-refractivity contribution in [1.82, 2.24) is 9.55 Å². The van der Waals surface area contributed by atoms with Gasteiger partial charge in [-0.05, 0) is 42.2 Å². The molecule has 4 aromatic rings. The van der Waals surface area contributed by atoms with E-state index in [1.165, 1.54) is 0 Å². The third-order valence-electron chi connectivity index (χ3n) is 5.24. The second kappa shape index (κ2) is 7.58. The van der Waals surface area contributed by atoms with Gasteiger partial charge in [-0.2, -0.15) is 0 Å². The maximum atomic E-state index is 12.1. The summed E-state index contributed by atoms with van der Waals surface area (Å²) >= 11 is 0. The van der Waals surface area contributed by atoms with Gasteiger partial charge < -0.3 is 14.8 Å². The van der Waals surface area contributed by atoms with Crippen LogP contribution in [0.15, 0.2) is 78.9 Å². The molecule has 4 heteroatoms. The third-order valence-corrected chi connectivity index (χ3v) is 5.24. The molecule has 3 aromatic carbocycles. The highest BCUT2D eigenvalue weighted by molar-refractivity contribution is 5.77. The van der Waals surface area contributed by atoms with Gasteiger partial charge in [0.2, 0.25) is 0 Å². The number of aliphatic hydroxyl groups excluding tert-OH is 1. The van der Waals surface area contributed by atoms with Crippen molar-refractivity contribution in [3.8, 4) is 0 Å². The summed E-state index contributed by atoms with van der Waals surface area (Å²) in [6.07, 6.45) is 0.599. The Labute approximate surface area is 164 Å². The van der Waals surface area contributed by atoms with Crippen LogP contribution in [0.2, 0.25) is 0 Å². The van der Waals surface area contributed by atoms with E-state index in [0.717, 1.165) is 27.7 Å². The van der Waals surface area contributed by atoms with Crippen molar-refractivity contribution in [2.45, 2.75) is 25.5 Å². The van der Waals surface area contributed by atoms with Crippen LogP contribution in [-0.2, 0) is 18.6 Å². The predicted molar refractivity (Wildman–Crippen MR) is 111 cm³/mol. The molecule has 0 aliphatic heterocycles. The van der Waals surface area contributed by atoms with Gasteiger partial charge in [0.1, 0.15) is 0 Å². The van der Waals surface area contributed by atoms with E-state index >= 15 is 0 Å². The van der Waals surface area contributed by atoms with Gasteiger partial charge in [-0.1, -0.05) is 66.7 Å². The topological polar surface area (TPSA) is 58.3 Å². The summed E-state index contributed by atoms with van der Waals surface area (Å²) in [5.41, 5.74) is 3.05. The van der Waals surface area contributed by atoms with Gasteiger partial charge in [0.05, 0.1) is 11.0 Å². The minimum Gasteiger partial charge on any atom is -0.396 e. The van der Waals surface area contributed by atoms with E-state index in [-0.39, 0.29) is 6.61 Å². The fourth-order valence-electron chi connectivity index (χ4n) is 3.83. The van der Waals surface area contributed by atoms with E-state index in [2.05, 4.69) is 17.6 Å². The summed E-state index contributed by atoms with van der Waals surface area (Å²) in [6, 6.07) is 25.4. The van der Waals surface area contributed by atoms with E-state index in [0.29, 0.717) is 18.8 Å². The number of aryl methyl sites for hydroxylation is 1. The molecule has 4 rings (SSSR count). The SMILES string of the molecule is CCn1c(C(O)(c2ccccc2)c2ccccc2)nc2ccc(CCO)cc21. The lowest BCUT2D eigenvalue weighted by Crippen LogP contribution is -2.32. The van der Waals surface area contributed by atoms with E-state index in [1.807, 2.05) is 72.8 Å². The molecule has 142 valence electrons. The summed E-state index contributed by atoms with van der Waals surface area (Å²) in [4.78, 5) is 4.86. The van der Waals surface area contributed by atoms with Crippen molar-refractivity contribution in [2.75, 3.05) is 6.61 Å². The standard InChI is InChI=1S/C24H24N2O2/c1-2-26-22-17-18(15-16-27)13-14-21(22)25-23(26)24(28,19-9-5-3-6-10-19)20-11-7-4-8-12-20/h3-14,17,27-28H,2,15-16H2,1H3. The molecule has 0 amide bonds. The summed E-state index contributed by atoms with van der Waals surface area (Å²) in [5, 5.41) is 21.4. The summed E-state index contributed by atoms with van der Waals surface area (Å²) in [7, 11) is 0. The average Bonchev–Trinajstić information content (AvgIpc) is 3.13. The summed E-state index contributed by atoms with van der Waals surface area (Å²) in [6.45, 7) is 2.84. The monoisotopic (exact) mass is 372 g/mol. The molecule has 0 bridgehead atoms. The highest BCUT2D eigenvalue weighted by atomic mass is 16.3.